The van der Waals surface area contributed by atoms with Gasteiger partial charge in [-0.3, -0.25) is 14.3 Å². The number of hydrogen-bond acceptors (Lipinski definition) is 6. The molecule has 0 radical (unpaired) electrons. The third kappa shape index (κ3) is 4.85. The van der Waals surface area contributed by atoms with Crippen molar-refractivity contribution in [1.82, 2.24) is 24.6 Å². The maximum atomic E-state index is 14.4. The second-order valence-corrected chi connectivity index (χ2v) is 9.87. The fraction of sp³-hybridized carbons (Fsp3) is 0.200. The minimum Gasteiger partial charge on any atom is -0.325 e. The molecule has 6 nitrogen and oxygen atoms in total. The van der Waals surface area contributed by atoms with Crippen molar-refractivity contribution in [2.45, 2.75) is 17.1 Å². The Balaban J connectivity index is 1.36. The first-order valence-corrected chi connectivity index (χ1v) is 12.9. The molecule has 1 aliphatic rings. The molecule has 0 saturated carbocycles. The molecule has 0 spiro atoms. The Morgan fingerprint density at radius 1 is 1.06 bits per heavy atom. The summed E-state index contributed by atoms with van der Waals surface area (Å²) in [6, 6.07) is 20.5. The smallest absolute Gasteiger partial charge is 0.234 e. The van der Waals surface area contributed by atoms with Crippen molar-refractivity contribution >= 4 is 29.4 Å². The van der Waals surface area contributed by atoms with Gasteiger partial charge in [-0.25, -0.2) is 4.39 Å². The minimum absolute atomic E-state index is 0.0413. The monoisotopic (exact) mass is 491 g/mol. The van der Waals surface area contributed by atoms with E-state index in [0.717, 1.165) is 16.9 Å². The zero-order chi connectivity index (χ0) is 23.3. The molecule has 172 valence electrons. The van der Waals surface area contributed by atoms with Crippen LogP contribution in [0.3, 0.4) is 0 Å². The van der Waals surface area contributed by atoms with Crippen molar-refractivity contribution in [1.29, 1.82) is 0 Å². The highest BCUT2D eigenvalue weighted by molar-refractivity contribution is 8.00. The summed E-state index contributed by atoms with van der Waals surface area (Å²) in [6.07, 6.45) is 3.47. The molecule has 2 aromatic heterocycles. The van der Waals surface area contributed by atoms with Crippen molar-refractivity contribution in [3.63, 3.8) is 0 Å². The van der Waals surface area contributed by atoms with E-state index >= 15 is 0 Å². The van der Waals surface area contributed by atoms with Crippen molar-refractivity contribution in [3.05, 3.63) is 96.1 Å². The lowest BCUT2D eigenvalue weighted by atomic mass is 10.2. The lowest BCUT2D eigenvalue weighted by molar-refractivity contribution is -0.128. The Hall–Kier alpha value is -3.17. The average Bonchev–Trinajstić information content (AvgIpc) is 3.52. The molecule has 1 saturated heterocycles. The lowest BCUT2D eigenvalue weighted by Gasteiger charge is -2.24. The van der Waals surface area contributed by atoms with Crippen LogP contribution in [-0.4, -0.2) is 48.6 Å². The molecule has 9 heteroatoms. The molecule has 1 unspecified atom stereocenters. The normalized spacial score (nSPS) is 15.6. The summed E-state index contributed by atoms with van der Waals surface area (Å²) in [5.41, 5.74) is 2.52. The van der Waals surface area contributed by atoms with Crippen molar-refractivity contribution < 1.29 is 9.18 Å². The highest BCUT2D eigenvalue weighted by atomic mass is 32.2. The summed E-state index contributed by atoms with van der Waals surface area (Å²) in [4.78, 5) is 19.1. The van der Waals surface area contributed by atoms with Crippen LogP contribution < -0.4 is 0 Å². The Morgan fingerprint density at radius 2 is 1.88 bits per heavy atom. The number of aromatic nitrogens is 4. The molecule has 4 aromatic rings. The number of carbonyl (C=O) groups is 1. The van der Waals surface area contributed by atoms with Gasteiger partial charge in [0.15, 0.2) is 11.0 Å². The molecule has 1 amide bonds. The van der Waals surface area contributed by atoms with E-state index in [4.69, 9.17) is 0 Å². The maximum absolute atomic E-state index is 14.4. The standard InChI is InChI=1S/C25H22FN5OS2/c26-21-11-5-4-10-20(21)24-30(13-14-33-24)22(32)17-34-25-29-28-23(19-9-6-12-27-15-19)31(25)16-18-7-2-1-3-8-18/h1-12,15,24H,13-14,16-17H2. The number of pyridine rings is 1. The van der Waals surface area contributed by atoms with Crippen molar-refractivity contribution in [2.24, 2.45) is 0 Å². The molecule has 34 heavy (non-hydrogen) atoms. The van der Waals surface area contributed by atoms with E-state index in [-0.39, 0.29) is 22.9 Å². The molecular formula is C25H22FN5OS2. The molecule has 0 bridgehead atoms. The molecule has 1 fully saturated rings. The lowest BCUT2D eigenvalue weighted by Crippen LogP contribution is -2.32. The Labute approximate surface area is 205 Å². The number of amides is 1. The van der Waals surface area contributed by atoms with E-state index in [1.807, 2.05) is 47.0 Å². The topological polar surface area (TPSA) is 63.9 Å². The second-order valence-electron chi connectivity index (χ2n) is 7.74. The minimum atomic E-state index is -0.303. The van der Waals surface area contributed by atoms with Crippen LogP contribution in [0, 0.1) is 5.82 Å². The van der Waals surface area contributed by atoms with Gasteiger partial charge in [0.05, 0.1) is 12.3 Å². The number of hydrogen-bond donors (Lipinski definition) is 0. The molecular weight excluding hydrogens is 469 g/mol. The van der Waals surface area contributed by atoms with Gasteiger partial charge in [-0.05, 0) is 23.8 Å². The highest BCUT2D eigenvalue weighted by Crippen LogP contribution is 2.39. The van der Waals surface area contributed by atoms with E-state index in [1.165, 1.54) is 17.8 Å². The van der Waals surface area contributed by atoms with E-state index in [2.05, 4.69) is 15.2 Å². The number of benzene rings is 2. The highest BCUT2D eigenvalue weighted by Gasteiger charge is 2.32. The van der Waals surface area contributed by atoms with Crippen LogP contribution in [0.5, 0.6) is 0 Å². The quantitative estimate of drug-likeness (QED) is 0.343. The van der Waals surface area contributed by atoms with Crippen LogP contribution in [-0.2, 0) is 11.3 Å². The molecule has 3 heterocycles. The van der Waals surface area contributed by atoms with E-state index in [1.54, 1.807) is 47.3 Å². The summed E-state index contributed by atoms with van der Waals surface area (Å²) < 4.78 is 16.4. The predicted molar refractivity (Wildman–Crippen MR) is 133 cm³/mol. The van der Waals surface area contributed by atoms with Gasteiger partial charge in [0.1, 0.15) is 11.2 Å². The number of rotatable bonds is 7. The van der Waals surface area contributed by atoms with Gasteiger partial charge >= 0.3 is 0 Å². The van der Waals surface area contributed by atoms with Crippen LogP contribution in [0.1, 0.15) is 16.5 Å². The van der Waals surface area contributed by atoms with Gasteiger partial charge in [-0.1, -0.05) is 60.3 Å². The number of nitrogens with zero attached hydrogens (tertiary/aromatic N) is 5. The van der Waals surface area contributed by atoms with Gasteiger partial charge in [-0.2, -0.15) is 0 Å². The number of carbonyl (C=O) groups excluding carboxylic acids is 1. The first kappa shape index (κ1) is 22.6. The first-order chi connectivity index (χ1) is 16.7. The summed E-state index contributed by atoms with van der Waals surface area (Å²) in [5, 5.41) is 9.15. The van der Waals surface area contributed by atoms with Crippen molar-refractivity contribution in [2.75, 3.05) is 18.1 Å². The number of halogens is 1. The Morgan fingerprint density at radius 3 is 2.68 bits per heavy atom. The van der Waals surface area contributed by atoms with Crippen LogP contribution in [0.2, 0.25) is 0 Å². The molecule has 1 atom stereocenters. The van der Waals surface area contributed by atoms with Crippen LogP contribution in [0.15, 0.2) is 84.3 Å². The third-order valence-electron chi connectivity index (χ3n) is 5.53. The van der Waals surface area contributed by atoms with Crippen molar-refractivity contribution in [3.8, 4) is 11.4 Å². The molecule has 0 aliphatic carbocycles. The van der Waals surface area contributed by atoms with E-state index < -0.39 is 0 Å². The molecule has 1 aliphatic heterocycles. The van der Waals surface area contributed by atoms with E-state index in [9.17, 15) is 9.18 Å². The molecule has 2 aromatic carbocycles. The number of thioether (sulfide) groups is 2. The van der Waals surface area contributed by atoms with Gasteiger partial charge < -0.3 is 4.90 Å². The fourth-order valence-corrected chi connectivity index (χ4v) is 6.00. The molecule has 5 rings (SSSR count). The van der Waals surface area contributed by atoms with Gasteiger partial charge in [0.2, 0.25) is 5.91 Å². The van der Waals surface area contributed by atoms with Crippen LogP contribution >= 0.6 is 23.5 Å². The summed E-state index contributed by atoms with van der Waals surface area (Å²) in [5.74, 6) is 1.36. The maximum Gasteiger partial charge on any atom is 0.234 e. The van der Waals surface area contributed by atoms with E-state index in [0.29, 0.717) is 29.6 Å². The summed E-state index contributed by atoms with van der Waals surface area (Å²) in [7, 11) is 0. The van der Waals surface area contributed by atoms with Crippen LogP contribution in [0.4, 0.5) is 4.39 Å². The van der Waals surface area contributed by atoms with Gasteiger partial charge in [0, 0.05) is 35.8 Å². The first-order valence-electron chi connectivity index (χ1n) is 10.9. The third-order valence-corrected chi connectivity index (χ3v) is 7.72. The average molecular weight is 492 g/mol. The largest absolute Gasteiger partial charge is 0.325 e. The Kier molecular flexibility index (Phi) is 6.92. The fourth-order valence-electron chi connectivity index (χ4n) is 3.88. The van der Waals surface area contributed by atoms with Gasteiger partial charge in [-0.15, -0.1) is 22.0 Å². The second kappa shape index (κ2) is 10.4. The SMILES string of the molecule is O=C(CSc1nnc(-c2cccnc2)n1Cc1ccccc1)N1CCSC1c1ccccc1F. The summed E-state index contributed by atoms with van der Waals surface area (Å²) >= 11 is 2.94. The summed E-state index contributed by atoms with van der Waals surface area (Å²) in [6.45, 7) is 1.17. The predicted octanol–water partition coefficient (Wildman–Crippen LogP) is 4.89. The zero-order valence-corrected chi connectivity index (χ0v) is 19.9. The van der Waals surface area contributed by atoms with Gasteiger partial charge in [0.25, 0.3) is 0 Å². The zero-order valence-electron chi connectivity index (χ0n) is 18.3. The molecule has 0 N–H and O–H groups in total. The Bertz CT molecular complexity index is 1270. The van der Waals surface area contributed by atoms with Crippen LogP contribution in [0.25, 0.3) is 11.4 Å².